The van der Waals surface area contributed by atoms with Crippen LogP contribution in [0.5, 0.6) is 0 Å². The molecule has 31 heavy (non-hydrogen) atoms. The predicted octanol–water partition coefficient (Wildman–Crippen LogP) is 4.06. The number of rotatable bonds is 7. The highest BCUT2D eigenvalue weighted by molar-refractivity contribution is 5.91. The van der Waals surface area contributed by atoms with E-state index in [0.29, 0.717) is 13.1 Å². The van der Waals surface area contributed by atoms with Crippen LogP contribution in [0.2, 0.25) is 0 Å². The number of carbonyl (C=O) groups is 1. The number of aromatic nitrogens is 4. The standard InChI is InChI=1S/C25H25N5O/c1-19-24(20(2)29(28-19)17-21-9-5-3-6-10-21)16-26-25(31)14-13-22-15-27-30(18-22)23-11-7-4-8-12-23/h3-15,18H,16-17H2,1-2H3,(H,26,31)/b14-13+. The van der Waals surface area contributed by atoms with Gasteiger partial charge in [0.15, 0.2) is 0 Å². The molecule has 6 heteroatoms. The molecular formula is C25H25N5O. The lowest BCUT2D eigenvalue weighted by molar-refractivity contribution is -0.116. The number of hydrogen-bond acceptors (Lipinski definition) is 3. The molecule has 0 radical (unpaired) electrons. The van der Waals surface area contributed by atoms with Gasteiger partial charge in [-0.05, 0) is 37.6 Å². The first-order chi connectivity index (χ1) is 15.1. The maximum Gasteiger partial charge on any atom is 0.244 e. The molecule has 4 aromatic rings. The Morgan fingerprint density at radius 1 is 1.03 bits per heavy atom. The van der Waals surface area contributed by atoms with Crippen molar-refractivity contribution in [1.29, 1.82) is 0 Å². The van der Waals surface area contributed by atoms with Gasteiger partial charge in [0, 0.05) is 35.6 Å². The van der Waals surface area contributed by atoms with Crippen molar-refractivity contribution in [3.8, 4) is 5.69 Å². The molecule has 0 spiro atoms. The maximum atomic E-state index is 12.3. The smallest absolute Gasteiger partial charge is 0.244 e. The number of hydrogen-bond donors (Lipinski definition) is 1. The molecule has 1 N–H and O–H groups in total. The molecule has 1 amide bonds. The van der Waals surface area contributed by atoms with E-state index in [0.717, 1.165) is 28.2 Å². The van der Waals surface area contributed by atoms with Crippen molar-refractivity contribution in [2.45, 2.75) is 26.9 Å². The molecular weight excluding hydrogens is 386 g/mol. The molecule has 0 aliphatic carbocycles. The number of nitrogens with zero attached hydrogens (tertiary/aromatic N) is 4. The normalized spacial score (nSPS) is 11.2. The third-order valence-corrected chi connectivity index (χ3v) is 5.20. The van der Waals surface area contributed by atoms with Gasteiger partial charge in [0.25, 0.3) is 0 Å². The van der Waals surface area contributed by atoms with Crippen LogP contribution in [-0.2, 0) is 17.9 Å². The van der Waals surface area contributed by atoms with Crippen LogP contribution in [0.3, 0.4) is 0 Å². The lowest BCUT2D eigenvalue weighted by Gasteiger charge is -2.06. The third kappa shape index (κ3) is 4.98. The molecule has 0 saturated heterocycles. The first-order valence-electron chi connectivity index (χ1n) is 10.2. The second kappa shape index (κ2) is 9.26. The molecule has 0 saturated carbocycles. The van der Waals surface area contributed by atoms with E-state index in [4.69, 9.17) is 0 Å². The molecule has 0 bridgehead atoms. The highest BCUT2D eigenvalue weighted by Crippen LogP contribution is 2.15. The van der Waals surface area contributed by atoms with Crippen LogP contribution < -0.4 is 5.32 Å². The van der Waals surface area contributed by atoms with E-state index in [1.54, 1.807) is 17.0 Å². The van der Waals surface area contributed by atoms with Crippen LogP contribution in [0.4, 0.5) is 0 Å². The Balaban J connectivity index is 1.36. The third-order valence-electron chi connectivity index (χ3n) is 5.20. The topological polar surface area (TPSA) is 64.7 Å². The predicted molar refractivity (Wildman–Crippen MR) is 122 cm³/mol. The Morgan fingerprint density at radius 3 is 2.48 bits per heavy atom. The molecule has 6 nitrogen and oxygen atoms in total. The average Bonchev–Trinajstić information content (AvgIpc) is 3.37. The van der Waals surface area contributed by atoms with Gasteiger partial charge in [0.05, 0.1) is 24.1 Å². The Kier molecular flexibility index (Phi) is 6.08. The van der Waals surface area contributed by atoms with E-state index >= 15 is 0 Å². The molecule has 0 aliphatic heterocycles. The Morgan fingerprint density at radius 2 is 1.74 bits per heavy atom. The van der Waals surface area contributed by atoms with Crippen molar-refractivity contribution in [3.63, 3.8) is 0 Å². The number of amides is 1. The van der Waals surface area contributed by atoms with Crippen molar-refractivity contribution < 1.29 is 4.79 Å². The van der Waals surface area contributed by atoms with E-state index in [9.17, 15) is 4.79 Å². The fourth-order valence-electron chi connectivity index (χ4n) is 3.45. The van der Waals surface area contributed by atoms with Crippen molar-refractivity contribution in [2.24, 2.45) is 0 Å². The summed E-state index contributed by atoms with van der Waals surface area (Å²) in [6.45, 7) is 5.17. The average molecular weight is 412 g/mol. The van der Waals surface area contributed by atoms with Gasteiger partial charge in [-0.1, -0.05) is 48.5 Å². The van der Waals surface area contributed by atoms with Crippen LogP contribution in [-0.4, -0.2) is 25.5 Å². The summed E-state index contributed by atoms with van der Waals surface area (Å²) in [5.74, 6) is -0.151. The molecule has 0 unspecified atom stereocenters. The van der Waals surface area contributed by atoms with Crippen LogP contribution in [0.25, 0.3) is 11.8 Å². The Hall–Kier alpha value is -3.93. The summed E-state index contributed by atoms with van der Waals surface area (Å²) in [7, 11) is 0. The minimum Gasteiger partial charge on any atom is -0.348 e. The van der Waals surface area contributed by atoms with Gasteiger partial charge in [-0.2, -0.15) is 10.2 Å². The zero-order chi connectivity index (χ0) is 21.6. The van der Waals surface area contributed by atoms with E-state index < -0.39 is 0 Å². The van der Waals surface area contributed by atoms with E-state index in [1.165, 1.54) is 11.6 Å². The number of nitrogens with one attached hydrogen (secondary N) is 1. The van der Waals surface area contributed by atoms with Gasteiger partial charge in [-0.15, -0.1) is 0 Å². The van der Waals surface area contributed by atoms with E-state index in [2.05, 4.69) is 27.6 Å². The van der Waals surface area contributed by atoms with Crippen molar-refractivity contribution in [1.82, 2.24) is 24.9 Å². The van der Waals surface area contributed by atoms with Crippen LogP contribution in [0.15, 0.2) is 79.1 Å². The Labute approximate surface area is 181 Å². The van der Waals surface area contributed by atoms with Crippen LogP contribution in [0.1, 0.15) is 28.1 Å². The summed E-state index contributed by atoms with van der Waals surface area (Å²) in [5, 5.41) is 11.9. The fourth-order valence-corrected chi connectivity index (χ4v) is 3.45. The number of aryl methyl sites for hydroxylation is 1. The highest BCUT2D eigenvalue weighted by Gasteiger charge is 2.12. The van der Waals surface area contributed by atoms with Crippen LogP contribution >= 0.6 is 0 Å². The lowest BCUT2D eigenvalue weighted by Crippen LogP contribution is -2.21. The molecule has 2 aromatic carbocycles. The molecule has 4 rings (SSSR count). The van der Waals surface area contributed by atoms with Crippen molar-refractivity contribution in [3.05, 3.63) is 107 Å². The molecule has 2 aromatic heterocycles. The monoisotopic (exact) mass is 411 g/mol. The van der Waals surface area contributed by atoms with E-state index in [-0.39, 0.29) is 5.91 Å². The second-order valence-electron chi connectivity index (χ2n) is 7.40. The minimum absolute atomic E-state index is 0.151. The van der Waals surface area contributed by atoms with Gasteiger partial charge < -0.3 is 5.32 Å². The second-order valence-corrected chi connectivity index (χ2v) is 7.40. The number of benzene rings is 2. The first-order valence-corrected chi connectivity index (χ1v) is 10.2. The summed E-state index contributed by atoms with van der Waals surface area (Å²) in [4.78, 5) is 12.3. The van der Waals surface area contributed by atoms with Crippen molar-refractivity contribution >= 4 is 12.0 Å². The van der Waals surface area contributed by atoms with Gasteiger partial charge >= 0.3 is 0 Å². The van der Waals surface area contributed by atoms with Gasteiger partial charge in [0.1, 0.15) is 0 Å². The molecule has 2 heterocycles. The highest BCUT2D eigenvalue weighted by atomic mass is 16.1. The van der Waals surface area contributed by atoms with Crippen LogP contribution in [0, 0.1) is 13.8 Å². The number of para-hydroxylation sites is 1. The fraction of sp³-hybridized carbons (Fsp3) is 0.160. The molecule has 0 atom stereocenters. The van der Waals surface area contributed by atoms with Crippen molar-refractivity contribution in [2.75, 3.05) is 0 Å². The van der Waals surface area contributed by atoms with Gasteiger partial charge in [-0.3, -0.25) is 9.48 Å². The lowest BCUT2D eigenvalue weighted by atomic mass is 10.2. The number of carbonyl (C=O) groups excluding carboxylic acids is 1. The van der Waals surface area contributed by atoms with Gasteiger partial charge in [0.2, 0.25) is 5.91 Å². The zero-order valence-electron chi connectivity index (χ0n) is 17.7. The minimum atomic E-state index is -0.151. The Bertz CT molecular complexity index is 1190. The quantitative estimate of drug-likeness (QED) is 0.467. The molecule has 0 aliphatic rings. The summed E-state index contributed by atoms with van der Waals surface area (Å²) >= 11 is 0. The SMILES string of the molecule is Cc1nn(Cc2ccccc2)c(C)c1CNC(=O)/C=C/c1cnn(-c2ccccc2)c1. The van der Waals surface area contributed by atoms with Gasteiger partial charge in [-0.25, -0.2) is 4.68 Å². The summed E-state index contributed by atoms with van der Waals surface area (Å²) in [6, 6.07) is 20.1. The van der Waals surface area contributed by atoms with E-state index in [1.807, 2.05) is 73.3 Å². The summed E-state index contributed by atoms with van der Waals surface area (Å²) < 4.78 is 3.77. The molecule has 156 valence electrons. The summed E-state index contributed by atoms with van der Waals surface area (Å²) in [5.41, 5.74) is 6.08. The first kappa shape index (κ1) is 20.3. The largest absolute Gasteiger partial charge is 0.348 e. The summed E-state index contributed by atoms with van der Waals surface area (Å²) in [6.07, 6.45) is 6.92. The maximum absolute atomic E-state index is 12.3. The molecule has 0 fully saturated rings. The zero-order valence-corrected chi connectivity index (χ0v) is 17.7.